The average Bonchev–Trinajstić information content (AvgIpc) is 2.54. The van der Waals surface area contributed by atoms with Gasteiger partial charge >= 0.3 is 5.97 Å². The molecule has 0 radical (unpaired) electrons. The Hall–Kier alpha value is -2.69. The highest BCUT2D eigenvalue weighted by molar-refractivity contribution is 5.94. The lowest BCUT2D eigenvalue weighted by Gasteiger charge is -2.06. The molecule has 1 aromatic heterocycles. The van der Waals surface area contributed by atoms with Crippen LogP contribution in [0.4, 0.5) is 0 Å². The largest absolute Gasteiger partial charge is 0.469 e. The zero-order chi connectivity index (χ0) is 15.9. The normalized spacial score (nSPS) is 10.1. The number of amides is 1. The fraction of sp³-hybridized carbons (Fsp3) is 0.235. The summed E-state index contributed by atoms with van der Waals surface area (Å²) in [5, 5.41) is 2.65. The van der Waals surface area contributed by atoms with Gasteiger partial charge in [-0.1, -0.05) is 23.8 Å². The molecule has 1 N–H and O–H groups in total. The molecule has 0 unspecified atom stereocenters. The molecule has 0 aliphatic carbocycles. The van der Waals surface area contributed by atoms with E-state index in [2.05, 4.69) is 15.0 Å². The van der Waals surface area contributed by atoms with Crippen molar-refractivity contribution < 1.29 is 14.3 Å². The molecule has 114 valence electrons. The number of carbonyl (C=O) groups excluding carboxylic acids is 2. The van der Waals surface area contributed by atoms with E-state index in [9.17, 15) is 9.59 Å². The van der Waals surface area contributed by atoms with Crippen LogP contribution in [0.1, 0.15) is 22.3 Å². The second-order valence-electron chi connectivity index (χ2n) is 4.88. The predicted molar refractivity (Wildman–Crippen MR) is 83.4 cm³/mol. The van der Waals surface area contributed by atoms with Crippen molar-refractivity contribution in [2.45, 2.75) is 13.3 Å². The molecule has 0 aliphatic heterocycles. The van der Waals surface area contributed by atoms with Gasteiger partial charge in [0.2, 0.25) is 0 Å². The first-order chi connectivity index (χ1) is 10.6. The van der Waals surface area contributed by atoms with E-state index in [1.54, 1.807) is 6.07 Å². The molecule has 2 rings (SSSR count). The monoisotopic (exact) mass is 298 g/mol. The SMILES string of the molecule is COC(=O)CCNC(=O)c1ccc(-c2cccc(C)c2)nc1. The van der Waals surface area contributed by atoms with E-state index >= 15 is 0 Å². The van der Waals surface area contributed by atoms with Crippen molar-refractivity contribution in [1.29, 1.82) is 0 Å². The molecule has 0 atom stereocenters. The van der Waals surface area contributed by atoms with Gasteiger partial charge in [0.05, 0.1) is 24.8 Å². The van der Waals surface area contributed by atoms with Crippen LogP contribution in [-0.4, -0.2) is 30.5 Å². The number of hydrogen-bond donors (Lipinski definition) is 1. The van der Waals surface area contributed by atoms with Crippen LogP contribution in [0, 0.1) is 6.92 Å². The van der Waals surface area contributed by atoms with Gasteiger partial charge in [0.15, 0.2) is 0 Å². The minimum Gasteiger partial charge on any atom is -0.469 e. The summed E-state index contributed by atoms with van der Waals surface area (Å²) in [5.74, 6) is -0.611. The Bertz CT molecular complexity index is 666. The summed E-state index contributed by atoms with van der Waals surface area (Å²) in [6.07, 6.45) is 1.68. The summed E-state index contributed by atoms with van der Waals surface area (Å²) >= 11 is 0. The zero-order valence-corrected chi connectivity index (χ0v) is 12.6. The van der Waals surface area contributed by atoms with Crippen LogP contribution >= 0.6 is 0 Å². The topological polar surface area (TPSA) is 68.3 Å². The third-order valence-electron chi connectivity index (χ3n) is 3.18. The van der Waals surface area contributed by atoms with Gasteiger partial charge in [-0.3, -0.25) is 14.6 Å². The average molecular weight is 298 g/mol. The van der Waals surface area contributed by atoms with Gasteiger partial charge < -0.3 is 10.1 Å². The number of aromatic nitrogens is 1. The van der Waals surface area contributed by atoms with Gasteiger partial charge in [0.1, 0.15) is 0 Å². The number of benzene rings is 1. The zero-order valence-electron chi connectivity index (χ0n) is 12.6. The highest BCUT2D eigenvalue weighted by atomic mass is 16.5. The first-order valence-corrected chi connectivity index (χ1v) is 6.98. The van der Waals surface area contributed by atoms with Crippen molar-refractivity contribution in [3.63, 3.8) is 0 Å². The maximum Gasteiger partial charge on any atom is 0.307 e. The fourth-order valence-corrected chi connectivity index (χ4v) is 1.99. The smallest absolute Gasteiger partial charge is 0.307 e. The molecule has 0 bridgehead atoms. The fourth-order valence-electron chi connectivity index (χ4n) is 1.99. The van der Waals surface area contributed by atoms with Crippen LogP contribution in [0.25, 0.3) is 11.3 Å². The second kappa shape index (κ2) is 7.36. The maximum absolute atomic E-state index is 11.9. The van der Waals surface area contributed by atoms with E-state index in [0.717, 1.165) is 16.8 Å². The Morgan fingerprint density at radius 1 is 1.23 bits per heavy atom. The molecule has 5 nitrogen and oxygen atoms in total. The van der Waals surface area contributed by atoms with Crippen molar-refractivity contribution in [1.82, 2.24) is 10.3 Å². The minimum absolute atomic E-state index is 0.150. The van der Waals surface area contributed by atoms with Gasteiger partial charge in [-0.2, -0.15) is 0 Å². The van der Waals surface area contributed by atoms with Crippen molar-refractivity contribution in [3.05, 3.63) is 53.7 Å². The summed E-state index contributed by atoms with van der Waals surface area (Å²) in [5.41, 5.74) is 3.44. The lowest BCUT2D eigenvalue weighted by Crippen LogP contribution is -2.26. The number of methoxy groups -OCH3 is 1. The van der Waals surface area contributed by atoms with Crippen molar-refractivity contribution in [2.75, 3.05) is 13.7 Å². The Kier molecular flexibility index (Phi) is 5.25. The van der Waals surface area contributed by atoms with E-state index in [1.165, 1.54) is 13.3 Å². The molecule has 2 aromatic rings. The quantitative estimate of drug-likeness (QED) is 0.860. The Morgan fingerprint density at radius 2 is 2.05 bits per heavy atom. The first-order valence-electron chi connectivity index (χ1n) is 6.98. The first kappa shape index (κ1) is 15.7. The van der Waals surface area contributed by atoms with E-state index in [1.807, 2.05) is 37.3 Å². The number of pyridine rings is 1. The third-order valence-corrected chi connectivity index (χ3v) is 3.18. The number of carbonyl (C=O) groups is 2. The molecule has 1 aromatic carbocycles. The molecular formula is C17H18N2O3. The van der Waals surface area contributed by atoms with Crippen LogP contribution in [-0.2, 0) is 9.53 Å². The Labute approximate surface area is 129 Å². The molecule has 1 heterocycles. The van der Waals surface area contributed by atoms with Crippen molar-refractivity contribution in [3.8, 4) is 11.3 Å². The number of rotatable bonds is 5. The van der Waals surface area contributed by atoms with E-state index in [-0.39, 0.29) is 24.8 Å². The van der Waals surface area contributed by atoms with Gasteiger partial charge in [-0.25, -0.2) is 0 Å². The van der Waals surface area contributed by atoms with Gasteiger partial charge in [-0.15, -0.1) is 0 Å². The molecule has 1 amide bonds. The molecule has 0 spiro atoms. The maximum atomic E-state index is 11.9. The molecule has 0 saturated heterocycles. The summed E-state index contributed by atoms with van der Waals surface area (Å²) in [7, 11) is 1.32. The Balaban J connectivity index is 1.99. The van der Waals surface area contributed by atoms with Crippen LogP contribution < -0.4 is 5.32 Å². The van der Waals surface area contributed by atoms with Gasteiger partial charge in [-0.05, 0) is 25.1 Å². The van der Waals surface area contributed by atoms with Crippen LogP contribution in [0.2, 0.25) is 0 Å². The number of esters is 1. The summed E-state index contributed by atoms with van der Waals surface area (Å²) in [4.78, 5) is 27.2. The molecule has 22 heavy (non-hydrogen) atoms. The number of hydrogen-bond acceptors (Lipinski definition) is 4. The van der Waals surface area contributed by atoms with Crippen LogP contribution in [0.15, 0.2) is 42.6 Å². The highest BCUT2D eigenvalue weighted by Crippen LogP contribution is 2.18. The lowest BCUT2D eigenvalue weighted by molar-refractivity contribution is -0.140. The van der Waals surface area contributed by atoms with Gasteiger partial charge in [0, 0.05) is 18.3 Å². The number of nitrogens with one attached hydrogen (secondary N) is 1. The second-order valence-corrected chi connectivity index (χ2v) is 4.88. The van der Waals surface area contributed by atoms with Crippen LogP contribution in [0.5, 0.6) is 0 Å². The van der Waals surface area contributed by atoms with Crippen molar-refractivity contribution in [2.24, 2.45) is 0 Å². The summed E-state index contributed by atoms with van der Waals surface area (Å²) in [6.45, 7) is 2.26. The number of ether oxygens (including phenoxy) is 1. The predicted octanol–water partition coefficient (Wildman–Crippen LogP) is 2.35. The Morgan fingerprint density at radius 3 is 2.68 bits per heavy atom. The van der Waals surface area contributed by atoms with Gasteiger partial charge in [0.25, 0.3) is 5.91 Å². The summed E-state index contributed by atoms with van der Waals surface area (Å²) in [6, 6.07) is 11.5. The minimum atomic E-state index is -0.353. The number of aryl methyl sites for hydroxylation is 1. The lowest BCUT2D eigenvalue weighted by atomic mass is 10.1. The summed E-state index contributed by atoms with van der Waals surface area (Å²) < 4.78 is 4.51. The van der Waals surface area contributed by atoms with Crippen LogP contribution in [0.3, 0.4) is 0 Å². The molecule has 5 heteroatoms. The van der Waals surface area contributed by atoms with E-state index in [4.69, 9.17) is 0 Å². The molecule has 0 aliphatic rings. The van der Waals surface area contributed by atoms with E-state index < -0.39 is 0 Å². The molecular weight excluding hydrogens is 280 g/mol. The molecule has 0 saturated carbocycles. The number of nitrogens with zero attached hydrogens (tertiary/aromatic N) is 1. The van der Waals surface area contributed by atoms with Crippen molar-refractivity contribution >= 4 is 11.9 Å². The third kappa shape index (κ3) is 4.15. The standard InChI is InChI=1S/C17H18N2O3/c1-12-4-3-5-13(10-12)15-7-6-14(11-19-15)17(21)18-9-8-16(20)22-2/h3-7,10-11H,8-9H2,1-2H3,(H,18,21). The highest BCUT2D eigenvalue weighted by Gasteiger charge is 2.08. The molecule has 0 fully saturated rings. The van der Waals surface area contributed by atoms with E-state index in [0.29, 0.717) is 5.56 Å².